The van der Waals surface area contributed by atoms with Gasteiger partial charge in [-0.25, -0.2) is 4.79 Å². The molecule has 0 amide bonds. The van der Waals surface area contributed by atoms with Gasteiger partial charge in [-0.15, -0.1) is 0 Å². The first-order chi connectivity index (χ1) is 13.1. The molecule has 2 rings (SSSR count). The molecule has 2 aliphatic carbocycles. The van der Waals surface area contributed by atoms with Gasteiger partial charge in [-0.2, -0.15) is 0 Å². The first-order valence-electron chi connectivity index (χ1n) is 11.1. The van der Waals surface area contributed by atoms with E-state index in [2.05, 4.69) is 51.9 Å². The lowest BCUT2D eigenvalue weighted by molar-refractivity contribution is -0.140. The van der Waals surface area contributed by atoms with Crippen molar-refractivity contribution in [2.45, 2.75) is 99.8 Å². The molecule has 0 spiro atoms. The molecule has 0 bridgehead atoms. The molecule has 1 saturated carbocycles. The highest BCUT2D eigenvalue weighted by Gasteiger charge is 2.51. The number of carbonyl (C=O) groups excluding carboxylic acids is 1. The molecule has 0 aromatic carbocycles. The summed E-state index contributed by atoms with van der Waals surface area (Å²) in [5.41, 5.74) is 4.87. The predicted octanol–water partition coefficient (Wildman–Crippen LogP) is 7.23. The van der Waals surface area contributed by atoms with Gasteiger partial charge in [0.2, 0.25) is 0 Å². The molecule has 1 fully saturated rings. The van der Waals surface area contributed by atoms with Crippen LogP contribution in [0.15, 0.2) is 28.5 Å². The van der Waals surface area contributed by atoms with E-state index in [9.17, 15) is 4.79 Å². The number of allylic oxidation sites excluding steroid dienone is 4. The maximum absolute atomic E-state index is 10.8. The van der Waals surface area contributed by atoms with E-state index in [1.807, 2.05) is 6.92 Å². The molecule has 3 nitrogen and oxygen atoms in total. The molecule has 0 radical (unpaired) electrons. The van der Waals surface area contributed by atoms with E-state index in [0.717, 1.165) is 24.5 Å². The summed E-state index contributed by atoms with van der Waals surface area (Å²) in [6, 6.07) is 0. The average molecular weight is 388 g/mol. The maximum atomic E-state index is 10.8. The topological polar surface area (TPSA) is 38.7 Å². The smallest absolute Gasteiger partial charge is 0.319 e. The zero-order chi connectivity index (χ0) is 20.9. The highest BCUT2D eigenvalue weighted by Crippen LogP contribution is 2.60. The third kappa shape index (κ3) is 5.58. The fourth-order valence-corrected chi connectivity index (χ4v) is 5.88. The Labute approximate surface area is 172 Å². The summed E-state index contributed by atoms with van der Waals surface area (Å²) in [7, 11) is 0. The molecule has 0 aromatic rings. The first kappa shape index (κ1) is 22.9. The van der Waals surface area contributed by atoms with Gasteiger partial charge in [0.1, 0.15) is 0 Å². The van der Waals surface area contributed by atoms with Gasteiger partial charge in [0.15, 0.2) is 0 Å². The zero-order valence-electron chi connectivity index (χ0n) is 19.2. The van der Waals surface area contributed by atoms with E-state index in [0.29, 0.717) is 16.7 Å². The minimum Gasteiger partial charge on any atom is -0.319 e. The van der Waals surface area contributed by atoms with Crippen molar-refractivity contribution < 1.29 is 9.63 Å². The number of fused-ring (bicyclic) bond motifs is 1. The van der Waals surface area contributed by atoms with Gasteiger partial charge in [0, 0.05) is 6.92 Å². The average Bonchev–Trinajstić information content (AvgIpc) is 2.58. The monoisotopic (exact) mass is 387 g/mol. The Hall–Kier alpha value is -1.38. The van der Waals surface area contributed by atoms with Gasteiger partial charge in [-0.05, 0) is 88.4 Å². The van der Waals surface area contributed by atoms with E-state index in [1.54, 1.807) is 5.57 Å². The van der Waals surface area contributed by atoms with Gasteiger partial charge in [0.25, 0.3) is 0 Å². The Bertz CT molecular complexity index is 655. The SMILES string of the molecule is CC(=O)O/N=C(/C)CC/C=C(\C)CC[C@H]1C(C)=CC[C@@H]2C(C)(C)CCC[C@]21C. The second-order valence-electron chi connectivity index (χ2n) is 10.2. The molecule has 28 heavy (non-hydrogen) atoms. The Morgan fingerprint density at radius 2 is 1.93 bits per heavy atom. The Morgan fingerprint density at radius 1 is 1.21 bits per heavy atom. The van der Waals surface area contributed by atoms with Gasteiger partial charge >= 0.3 is 5.97 Å². The van der Waals surface area contributed by atoms with E-state index < -0.39 is 0 Å². The third-order valence-electron chi connectivity index (χ3n) is 7.45. The lowest BCUT2D eigenvalue weighted by Gasteiger charge is -2.57. The van der Waals surface area contributed by atoms with Crippen molar-refractivity contribution in [1.29, 1.82) is 0 Å². The van der Waals surface area contributed by atoms with Crippen LogP contribution in [-0.4, -0.2) is 11.7 Å². The van der Waals surface area contributed by atoms with Crippen molar-refractivity contribution in [2.75, 3.05) is 0 Å². The lowest BCUT2D eigenvalue weighted by Crippen LogP contribution is -2.48. The van der Waals surface area contributed by atoms with Crippen LogP contribution in [0.1, 0.15) is 99.8 Å². The maximum Gasteiger partial charge on any atom is 0.331 e. The molecular formula is C25H41NO2. The van der Waals surface area contributed by atoms with Gasteiger partial charge in [0.05, 0.1) is 5.71 Å². The number of nitrogens with zero attached hydrogens (tertiary/aromatic N) is 1. The highest BCUT2D eigenvalue weighted by atomic mass is 16.7. The van der Waals surface area contributed by atoms with Crippen molar-refractivity contribution in [2.24, 2.45) is 27.8 Å². The van der Waals surface area contributed by atoms with Crippen molar-refractivity contribution in [3.63, 3.8) is 0 Å². The van der Waals surface area contributed by atoms with Gasteiger partial charge in [-0.1, -0.05) is 55.6 Å². The molecule has 0 unspecified atom stereocenters. The lowest BCUT2D eigenvalue weighted by atomic mass is 9.48. The minimum absolute atomic E-state index is 0.361. The second kappa shape index (κ2) is 9.41. The number of carbonyl (C=O) groups is 1. The molecule has 2 aliphatic rings. The Kier molecular flexibility index (Phi) is 7.70. The van der Waals surface area contributed by atoms with Crippen LogP contribution >= 0.6 is 0 Å². The highest BCUT2D eigenvalue weighted by molar-refractivity contribution is 5.82. The van der Waals surface area contributed by atoms with Crippen molar-refractivity contribution in [3.8, 4) is 0 Å². The van der Waals surface area contributed by atoms with Gasteiger partial charge < -0.3 is 4.84 Å². The largest absolute Gasteiger partial charge is 0.331 e. The molecule has 0 heterocycles. The Balaban J connectivity index is 1.95. The quantitative estimate of drug-likeness (QED) is 0.200. The summed E-state index contributed by atoms with van der Waals surface area (Å²) in [6.07, 6.45) is 14.5. The molecule has 3 heteroatoms. The van der Waals surface area contributed by atoms with Crippen LogP contribution < -0.4 is 0 Å². The molecule has 3 atom stereocenters. The summed E-state index contributed by atoms with van der Waals surface area (Å²) in [5.74, 6) is 1.16. The fraction of sp³-hybridized carbons (Fsp3) is 0.760. The molecule has 158 valence electrons. The Morgan fingerprint density at radius 3 is 2.61 bits per heavy atom. The number of rotatable bonds is 7. The number of hydrogen-bond donors (Lipinski definition) is 0. The molecule has 0 aliphatic heterocycles. The predicted molar refractivity (Wildman–Crippen MR) is 118 cm³/mol. The molecule has 0 aromatic heterocycles. The van der Waals surface area contributed by atoms with Crippen LogP contribution in [0.25, 0.3) is 0 Å². The number of oxime groups is 1. The van der Waals surface area contributed by atoms with Crippen molar-refractivity contribution >= 4 is 11.7 Å². The summed E-state index contributed by atoms with van der Waals surface area (Å²) in [5, 5.41) is 3.85. The van der Waals surface area contributed by atoms with Crippen molar-refractivity contribution in [3.05, 3.63) is 23.3 Å². The molecule has 0 N–H and O–H groups in total. The van der Waals surface area contributed by atoms with E-state index >= 15 is 0 Å². The first-order valence-corrected chi connectivity index (χ1v) is 11.1. The van der Waals surface area contributed by atoms with Crippen LogP contribution in [0.4, 0.5) is 0 Å². The van der Waals surface area contributed by atoms with Crippen LogP contribution in [0.3, 0.4) is 0 Å². The third-order valence-corrected chi connectivity index (χ3v) is 7.45. The number of hydrogen-bond acceptors (Lipinski definition) is 3. The van der Waals surface area contributed by atoms with E-state index in [4.69, 9.17) is 4.84 Å². The minimum atomic E-state index is -0.361. The van der Waals surface area contributed by atoms with E-state index in [-0.39, 0.29) is 5.97 Å². The zero-order valence-corrected chi connectivity index (χ0v) is 19.2. The summed E-state index contributed by atoms with van der Waals surface area (Å²) in [4.78, 5) is 15.5. The molecule has 0 saturated heterocycles. The standard InChI is InChI=1S/C25H41NO2/c1-18(10-8-11-20(3)26-28-21(4)27)12-14-22-19(2)13-15-23-24(5,6)16-9-17-25(22,23)7/h10,13,22-23H,8-9,11-12,14-17H2,1-7H3/b18-10+,26-20-/t22-,23+,25-/m0/s1. The normalized spacial score (nSPS) is 30.5. The van der Waals surface area contributed by atoms with Crippen LogP contribution in [0, 0.1) is 22.7 Å². The summed E-state index contributed by atoms with van der Waals surface area (Å²) >= 11 is 0. The summed E-state index contributed by atoms with van der Waals surface area (Å²) < 4.78 is 0. The second-order valence-corrected chi connectivity index (χ2v) is 10.2. The van der Waals surface area contributed by atoms with Crippen LogP contribution in [0.5, 0.6) is 0 Å². The molecular weight excluding hydrogens is 346 g/mol. The van der Waals surface area contributed by atoms with E-state index in [1.165, 1.54) is 51.0 Å². The van der Waals surface area contributed by atoms with Crippen LogP contribution in [-0.2, 0) is 9.63 Å². The van der Waals surface area contributed by atoms with Crippen molar-refractivity contribution in [1.82, 2.24) is 0 Å². The fourth-order valence-electron chi connectivity index (χ4n) is 5.88. The van der Waals surface area contributed by atoms with Crippen LogP contribution in [0.2, 0.25) is 0 Å². The summed E-state index contributed by atoms with van der Waals surface area (Å²) in [6.45, 7) is 15.5. The van der Waals surface area contributed by atoms with Gasteiger partial charge in [-0.3, -0.25) is 0 Å².